The molecule has 26 heavy (non-hydrogen) atoms. The molecule has 1 aromatic heterocycles. The van der Waals surface area contributed by atoms with Crippen molar-refractivity contribution in [1.82, 2.24) is 15.0 Å². The number of nitrogens with zero attached hydrogens (tertiary/aromatic N) is 3. The quantitative estimate of drug-likeness (QED) is 0.678. The van der Waals surface area contributed by atoms with E-state index in [2.05, 4.69) is 10.1 Å². The number of carbonyl (C=O) groups excluding carboxylic acids is 1. The zero-order valence-electron chi connectivity index (χ0n) is 14.7. The number of benzene rings is 2. The number of ether oxygens (including phenoxy) is 1. The van der Waals surface area contributed by atoms with Crippen molar-refractivity contribution >= 4 is 17.5 Å². The van der Waals surface area contributed by atoms with Gasteiger partial charge in [0.25, 0.3) is 5.91 Å². The molecule has 0 unspecified atom stereocenters. The van der Waals surface area contributed by atoms with Crippen molar-refractivity contribution in [2.24, 2.45) is 0 Å². The van der Waals surface area contributed by atoms with Gasteiger partial charge in [0.1, 0.15) is 5.75 Å². The van der Waals surface area contributed by atoms with Crippen molar-refractivity contribution in [2.45, 2.75) is 13.5 Å². The lowest BCUT2D eigenvalue weighted by molar-refractivity contribution is 0.0769. The summed E-state index contributed by atoms with van der Waals surface area (Å²) in [4.78, 5) is 18.5. The largest absolute Gasteiger partial charge is 0.496 e. The van der Waals surface area contributed by atoms with E-state index >= 15 is 0 Å². The highest BCUT2D eigenvalue weighted by Gasteiger charge is 2.17. The Kier molecular flexibility index (Phi) is 5.23. The minimum absolute atomic E-state index is 0.141. The average molecular weight is 372 g/mol. The van der Waals surface area contributed by atoms with Crippen LogP contribution in [0.25, 0.3) is 11.4 Å². The number of carbonyl (C=O) groups is 1. The Morgan fingerprint density at radius 2 is 2.08 bits per heavy atom. The van der Waals surface area contributed by atoms with Gasteiger partial charge in [0.2, 0.25) is 11.7 Å². The van der Waals surface area contributed by atoms with Crippen LogP contribution < -0.4 is 4.74 Å². The number of methoxy groups -OCH3 is 1. The first-order chi connectivity index (χ1) is 12.5. The molecule has 0 bridgehead atoms. The van der Waals surface area contributed by atoms with Crippen molar-refractivity contribution in [1.29, 1.82) is 0 Å². The van der Waals surface area contributed by atoms with Crippen molar-refractivity contribution < 1.29 is 14.1 Å². The number of halogens is 1. The molecule has 1 heterocycles. The predicted molar refractivity (Wildman–Crippen MR) is 98.3 cm³/mol. The van der Waals surface area contributed by atoms with Crippen molar-refractivity contribution in [3.63, 3.8) is 0 Å². The highest BCUT2D eigenvalue weighted by Crippen LogP contribution is 2.21. The average Bonchev–Trinajstić information content (AvgIpc) is 3.09. The molecule has 0 fully saturated rings. The number of hydrogen-bond donors (Lipinski definition) is 0. The molecule has 0 atom stereocenters. The van der Waals surface area contributed by atoms with Crippen LogP contribution in [0.3, 0.4) is 0 Å². The number of aromatic nitrogens is 2. The standard InChI is InChI=1S/C19H18ClN3O3/c1-12-9-14(7-8-16(12)25-3)19(24)23(2)11-17-21-18(22-26-17)13-5-4-6-15(20)10-13/h4-10H,11H2,1-3H3. The van der Waals surface area contributed by atoms with E-state index in [0.717, 1.165) is 16.9 Å². The second-order valence-electron chi connectivity index (χ2n) is 5.87. The molecule has 0 radical (unpaired) electrons. The van der Waals surface area contributed by atoms with E-state index in [1.165, 1.54) is 4.90 Å². The van der Waals surface area contributed by atoms with E-state index in [1.54, 1.807) is 44.5 Å². The van der Waals surface area contributed by atoms with Gasteiger partial charge in [-0.25, -0.2) is 0 Å². The van der Waals surface area contributed by atoms with E-state index < -0.39 is 0 Å². The summed E-state index contributed by atoms with van der Waals surface area (Å²) in [6.07, 6.45) is 0. The summed E-state index contributed by atoms with van der Waals surface area (Å²) < 4.78 is 10.5. The van der Waals surface area contributed by atoms with E-state index in [4.69, 9.17) is 20.9 Å². The Labute approximate surface area is 156 Å². The summed E-state index contributed by atoms with van der Waals surface area (Å²) in [5.74, 6) is 1.38. The highest BCUT2D eigenvalue weighted by molar-refractivity contribution is 6.30. The van der Waals surface area contributed by atoms with Gasteiger partial charge >= 0.3 is 0 Å². The van der Waals surface area contributed by atoms with Gasteiger partial charge in [-0.15, -0.1) is 0 Å². The monoisotopic (exact) mass is 371 g/mol. The van der Waals surface area contributed by atoms with Gasteiger partial charge < -0.3 is 14.2 Å². The number of amides is 1. The molecule has 3 rings (SSSR count). The molecule has 3 aromatic rings. The Morgan fingerprint density at radius 1 is 1.27 bits per heavy atom. The van der Waals surface area contributed by atoms with Gasteiger partial charge in [-0.3, -0.25) is 4.79 Å². The molecule has 0 saturated heterocycles. The molecule has 0 aliphatic carbocycles. The summed E-state index contributed by atoms with van der Waals surface area (Å²) in [5.41, 5.74) is 2.22. The first-order valence-corrected chi connectivity index (χ1v) is 8.34. The zero-order chi connectivity index (χ0) is 18.7. The van der Waals surface area contributed by atoms with Gasteiger partial charge in [0.15, 0.2) is 0 Å². The molecular weight excluding hydrogens is 354 g/mol. The van der Waals surface area contributed by atoms with E-state index in [0.29, 0.717) is 22.3 Å². The molecule has 0 N–H and O–H groups in total. The summed E-state index contributed by atoms with van der Waals surface area (Å²) in [6, 6.07) is 12.5. The van der Waals surface area contributed by atoms with Crippen LogP contribution in [-0.4, -0.2) is 35.1 Å². The maximum Gasteiger partial charge on any atom is 0.254 e. The van der Waals surface area contributed by atoms with Crippen LogP contribution in [0.2, 0.25) is 5.02 Å². The number of aryl methyl sites for hydroxylation is 1. The van der Waals surface area contributed by atoms with Crippen LogP contribution in [-0.2, 0) is 6.54 Å². The molecule has 7 heteroatoms. The lowest BCUT2D eigenvalue weighted by Gasteiger charge is -2.15. The van der Waals surface area contributed by atoms with Crippen LogP contribution in [0.4, 0.5) is 0 Å². The summed E-state index contributed by atoms with van der Waals surface area (Å²) in [7, 11) is 3.29. The second-order valence-corrected chi connectivity index (χ2v) is 6.30. The molecule has 0 aliphatic rings. The van der Waals surface area contributed by atoms with Gasteiger partial charge in [-0.05, 0) is 42.8 Å². The topological polar surface area (TPSA) is 68.5 Å². The third kappa shape index (κ3) is 3.86. The summed E-state index contributed by atoms with van der Waals surface area (Å²) in [6.45, 7) is 2.10. The van der Waals surface area contributed by atoms with Crippen molar-refractivity contribution in [3.8, 4) is 17.1 Å². The lowest BCUT2D eigenvalue weighted by Crippen LogP contribution is -2.26. The van der Waals surface area contributed by atoms with Gasteiger partial charge in [0, 0.05) is 23.2 Å². The van der Waals surface area contributed by atoms with E-state index in [1.807, 2.05) is 19.1 Å². The Hall–Kier alpha value is -2.86. The van der Waals surface area contributed by atoms with E-state index in [9.17, 15) is 4.79 Å². The maximum atomic E-state index is 12.6. The van der Waals surface area contributed by atoms with Gasteiger partial charge in [-0.1, -0.05) is 28.9 Å². The highest BCUT2D eigenvalue weighted by atomic mass is 35.5. The molecule has 0 spiro atoms. The Morgan fingerprint density at radius 3 is 2.77 bits per heavy atom. The molecule has 0 aliphatic heterocycles. The van der Waals surface area contributed by atoms with Crippen LogP contribution in [0.15, 0.2) is 47.0 Å². The first kappa shape index (κ1) is 17.9. The Balaban J connectivity index is 1.73. The SMILES string of the molecule is COc1ccc(C(=O)N(C)Cc2nc(-c3cccc(Cl)c3)no2)cc1C. The smallest absolute Gasteiger partial charge is 0.254 e. The molecule has 1 amide bonds. The van der Waals surface area contributed by atoms with E-state index in [-0.39, 0.29) is 12.5 Å². The van der Waals surface area contributed by atoms with Crippen LogP contribution >= 0.6 is 11.6 Å². The maximum absolute atomic E-state index is 12.6. The molecule has 6 nitrogen and oxygen atoms in total. The second kappa shape index (κ2) is 7.58. The fraction of sp³-hybridized carbons (Fsp3) is 0.211. The minimum Gasteiger partial charge on any atom is -0.496 e. The number of rotatable bonds is 5. The van der Waals surface area contributed by atoms with Crippen LogP contribution in [0.1, 0.15) is 21.8 Å². The van der Waals surface area contributed by atoms with Crippen molar-refractivity contribution in [3.05, 3.63) is 64.5 Å². The zero-order valence-corrected chi connectivity index (χ0v) is 15.4. The fourth-order valence-corrected chi connectivity index (χ4v) is 2.76. The summed E-state index contributed by atoms with van der Waals surface area (Å²) in [5, 5.41) is 4.54. The first-order valence-electron chi connectivity index (χ1n) is 7.96. The third-order valence-corrected chi connectivity index (χ3v) is 4.15. The molecule has 0 saturated carbocycles. The third-order valence-electron chi connectivity index (χ3n) is 3.91. The Bertz CT molecular complexity index is 939. The van der Waals surface area contributed by atoms with Crippen molar-refractivity contribution in [2.75, 3.05) is 14.2 Å². The predicted octanol–water partition coefficient (Wildman–Crippen LogP) is 3.98. The molecular formula is C19H18ClN3O3. The molecule has 134 valence electrons. The molecule has 2 aromatic carbocycles. The number of hydrogen-bond acceptors (Lipinski definition) is 5. The normalized spacial score (nSPS) is 10.6. The lowest BCUT2D eigenvalue weighted by atomic mass is 10.1. The summed E-state index contributed by atoms with van der Waals surface area (Å²) >= 11 is 5.98. The van der Waals surface area contributed by atoms with Crippen LogP contribution in [0.5, 0.6) is 5.75 Å². The fourth-order valence-electron chi connectivity index (χ4n) is 2.57. The van der Waals surface area contributed by atoms with Gasteiger partial charge in [0.05, 0.1) is 13.7 Å². The van der Waals surface area contributed by atoms with Crippen LogP contribution in [0, 0.1) is 6.92 Å². The van der Waals surface area contributed by atoms with Gasteiger partial charge in [-0.2, -0.15) is 4.98 Å². The minimum atomic E-state index is -0.141.